The fourth-order valence-corrected chi connectivity index (χ4v) is 1.07. The summed E-state index contributed by atoms with van der Waals surface area (Å²) in [5.74, 6) is 0. The molecule has 0 aromatic carbocycles. The van der Waals surface area contributed by atoms with Gasteiger partial charge in [0, 0.05) is 19.3 Å². The van der Waals surface area contributed by atoms with Gasteiger partial charge < -0.3 is 19.9 Å². The van der Waals surface area contributed by atoms with Crippen molar-refractivity contribution in [2.45, 2.75) is 32.4 Å². The third-order valence-electron chi connectivity index (χ3n) is 2.05. The zero-order valence-electron chi connectivity index (χ0n) is 9.45. The van der Waals surface area contributed by atoms with E-state index in [0.29, 0.717) is 13.2 Å². The fraction of sp³-hybridized carbons (Fsp3) is 1.00. The minimum atomic E-state index is 0.131. The minimum Gasteiger partial charge on any atom is -0.395 e. The molecule has 0 aromatic heterocycles. The number of hydrogen-bond donors (Lipinski definition) is 2. The predicted molar refractivity (Wildman–Crippen MR) is 56.5 cm³/mol. The fourth-order valence-electron chi connectivity index (χ4n) is 1.07. The van der Waals surface area contributed by atoms with Crippen molar-refractivity contribution in [3.8, 4) is 0 Å². The van der Waals surface area contributed by atoms with Gasteiger partial charge in [0.2, 0.25) is 0 Å². The smallest absolute Gasteiger partial charge is 0.0780 e. The van der Waals surface area contributed by atoms with Crippen LogP contribution in [0.25, 0.3) is 0 Å². The lowest BCUT2D eigenvalue weighted by molar-refractivity contribution is -0.00749. The van der Waals surface area contributed by atoms with Crippen molar-refractivity contribution in [3.63, 3.8) is 0 Å². The summed E-state index contributed by atoms with van der Waals surface area (Å²) in [5, 5.41) is 11.9. The lowest BCUT2D eigenvalue weighted by Gasteiger charge is -2.16. The summed E-state index contributed by atoms with van der Waals surface area (Å²) in [5.41, 5.74) is 0. The molecule has 2 unspecified atom stereocenters. The van der Waals surface area contributed by atoms with Gasteiger partial charge in [0.25, 0.3) is 0 Å². The van der Waals surface area contributed by atoms with Crippen LogP contribution < -0.4 is 5.32 Å². The standard InChI is InChI=1S/C10H23NO3/c1-4-13-8-9(2)14-6-5-10(7-12)11-3/h9-12H,4-8H2,1-3H3. The molecule has 0 saturated carbocycles. The summed E-state index contributed by atoms with van der Waals surface area (Å²) in [6.45, 7) is 6.13. The molecule has 0 rings (SSSR count). The van der Waals surface area contributed by atoms with E-state index in [9.17, 15) is 0 Å². The van der Waals surface area contributed by atoms with Crippen LogP contribution in [-0.2, 0) is 9.47 Å². The maximum Gasteiger partial charge on any atom is 0.0780 e. The topological polar surface area (TPSA) is 50.7 Å². The second-order valence-electron chi connectivity index (χ2n) is 3.30. The second kappa shape index (κ2) is 9.40. The van der Waals surface area contributed by atoms with Gasteiger partial charge in [-0.3, -0.25) is 0 Å². The first-order valence-electron chi connectivity index (χ1n) is 5.22. The van der Waals surface area contributed by atoms with Crippen LogP contribution in [0.3, 0.4) is 0 Å². The van der Waals surface area contributed by atoms with Crippen LogP contribution in [0.15, 0.2) is 0 Å². The van der Waals surface area contributed by atoms with Gasteiger partial charge >= 0.3 is 0 Å². The number of rotatable bonds is 9. The molecule has 0 aromatic rings. The zero-order valence-corrected chi connectivity index (χ0v) is 9.45. The number of likely N-dealkylation sites (N-methyl/N-ethyl adjacent to an activating group) is 1. The van der Waals surface area contributed by atoms with E-state index in [0.717, 1.165) is 13.0 Å². The van der Waals surface area contributed by atoms with Crippen molar-refractivity contribution >= 4 is 0 Å². The van der Waals surface area contributed by atoms with Crippen LogP contribution in [0.5, 0.6) is 0 Å². The largest absolute Gasteiger partial charge is 0.395 e. The molecule has 0 saturated heterocycles. The zero-order chi connectivity index (χ0) is 10.8. The van der Waals surface area contributed by atoms with Crippen LogP contribution in [0.2, 0.25) is 0 Å². The Hall–Kier alpha value is -0.160. The lowest BCUT2D eigenvalue weighted by atomic mass is 10.2. The molecule has 4 nitrogen and oxygen atoms in total. The lowest BCUT2D eigenvalue weighted by Crippen LogP contribution is -2.31. The highest BCUT2D eigenvalue weighted by molar-refractivity contribution is 4.61. The quantitative estimate of drug-likeness (QED) is 0.572. The molecule has 0 aliphatic carbocycles. The van der Waals surface area contributed by atoms with Gasteiger partial charge in [-0.1, -0.05) is 0 Å². The molecule has 14 heavy (non-hydrogen) atoms. The number of aliphatic hydroxyl groups is 1. The van der Waals surface area contributed by atoms with E-state index in [1.165, 1.54) is 0 Å². The molecule has 0 heterocycles. The molecule has 0 aliphatic rings. The first-order valence-corrected chi connectivity index (χ1v) is 5.22. The molecule has 2 N–H and O–H groups in total. The summed E-state index contributed by atoms with van der Waals surface area (Å²) in [6.07, 6.45) is 0.954. The van der Waals surface area contributed by atoms with Gasteiger partial charge in [-0.15, -0.1) is 0 Å². The van der Waals surface area contributed by atoms with Crippen LogP contribution in [0.1, 0.15) is 20.3 Å². The molecule has 0 amide bonds. The molecule has 2 atom stereocenters. The number of ether oxygens (including phenoxy) is 2. The number of aliphatic hydroxyl groups excluding tert-OH is 1. The van der Waals surface area contributed by atoms with Crippen LogP contribution >= 0.6 is 0 Å². The van der Waals surface area contributed by atoms with Gasteiger partial charge in [0.05, 0.1) is 19.3 Å². The molecule has 0 spiro atoms. The average Bonchev–Trinajstić information content (AvgIpc) is 2.21. The molecule has 0 bridgehead atoms. The van der Waals surface area contributed by atoms with Crippen LogP contribution in [-0.4, -0.2) is 50.7 Å². The molecule has 0 radical (unpaired) electrons. The van der Waals surface area contributed by atoms with Gasteiger partial charge in [-0.05, 0) is 27.3 Å². The Morgan fingerprint density at radius 3 is 2.64 bits per heavy atom. The highest BCUT2D eigenvalue weighted by Gasteiger charge is 2.06. The Bertz CT molecular complexity index is 118. The van der Waals surface area contributed by atoms with Gasteiger partial charge in [-0.25, -0.2) is 0 Å². The molecule has 0 aliphatic heterocycles. The monoisotopic (exact) mass is 205 g/mol. The SMILES string of the molecule is CCOCC(C)OCCC(CO)NC. The van der Waals surface area contributed by atoms with Crippen molar-refractivity contribution in [3.05, 3.63) is 0 Å². The Balaban J connectivity index is 3.33. The van der Waals surface area contributed by atoms with E-state index < -0.39 is 0 Å². The number of hydrogen-bond acceptors (Lipinski definition) is 4. The summed E-state index contributed by atoms with van der Waals surface area (Å²) >= 11 is 0. The van der Waals surface area contributed by atoms with Crippen molar-refractivity contribution in [2.24, 2.45) is 0 Å². The van der Waals surface area contributed by atoms with Gasteiger partial charge in [0.1, 0.15) is 0 Å². The second-order valence-corrected chi connectivity index (χ2v) is 3.30. The Morgan fingerprint density at radius 1 is 1.43 bits per heavy atom. The molecular formula is C10H23NO3. The minimum absolute atomic E-state index is 0.131. The van der Waals surface area contributed by atoms with E-state index in [4.69, 9.17) is 14.6 Å². The predicted octanol–water partition coefficient (Wildman–Crippen LogP) is 0.398. The van der Waals surface area contributed by atoms with Gasteiger partial charge in [0.15, 0.2) is 0 Å². The molecule has 4 heteroatoms. The van der Waals surface area contributed by atoms with Crippen LogP contribution in [0, 0.1) is 0 Å². The highest BCUT2D eigenvalue weighted by Crippen LogP contribution is 1.96. The summed E-state index contributed by atoms with van der Waals surface area (Å²) in [4.78, 5) is 0. The van der Waals surface area contributed by atoms with Crippen molar-refractivity contribution in [1.29, 1.82) is 0 Å². The van der Waals surface area contributed by atoms with E-state index in [-0.39, 0.29) is 18.8 Å². The summed E-state index contributed by atoms with van der Waals surface area (Å²) < 4.78 is 10.7. The van der Waals surface area contributed by atoms with Crippen molar-refractivity contribution in [1.82, 2.24) is 5.32 Å². The number of nitrogens with one attached hydrogen (secondary N) is 1. The first kappa shape index (κ1) is 13.8. The highest BCUT2D eigenvalue weighted by atomic mass is 16.5. The van der Waals surface area contributed by atoms with E-state index in [2.05, 4.69) is 5.32 Å². The third-order valence-corrected chi connectivity index (χ3v) is 2.05. The summed E-state index contributed by atoms with van der Waals surface area (Å²) in [7, 11) is 1.84. The maximum atomic E-state index is 8.89. The van der Waals surface area contributed by atoms with Crippen LogP contribution in [0.4, 0.5) is 0 Å². The molecular weight excluding hydrogens is 182 g/mol. The molecule has 86 valence electrons. The van der Waals surface area contributed by atoms with Crippen molar-refractivity contribution in [2.75, 3.05) is 33.5 Å². The first-order chi connectivity index (χ1) is 6.74. The Morgan fingerprint density at radius 2 is 2.14 bits per heavy atom. The normalized spacial score (nSPS) is 15.4. The third kappa shape index (κ3) is 7.26. The van der Waals surface area contributed by atoms with E-state index >= 15 is 0 Å². The van der Waals surface area contributed by atoms with E-state index in [1.54, 1.807) is 0 Å². The summed E-state index contributed by atoms with van der Waals surface area (Å²) in [6, 6.07) is 0.134. The Labute approximate surface area is 86.6 Å². The van der Waals surface area contributed by atoms with Gasteiger partial charge in [-0.2, -0.15) is 0 Å². The van der Waals surface area contributed by atoms with E-state index in [1.807, 2.05) is 20.9 Å². The molecule has 0 fully saturated rings. The average molecular weight is 205 g/mol. The van der Waals surface area contributed by atoms with Crippen molar-refractivity contribution < 1.29 is 14.6 Å². The maximum absolute atomic E-state index is 8.89. The Kier molecular flexibility index (Phi) is 9.29.